The largest absolute Gasteiger partial charge is 0.508 e. The molecule has 3 aromatic rings. The molecule has 1 amide bonds. The lowest BCUT2D eigenvalue weighted by Gasteiger charge is -2.56. The Morgan fingerprint density at radius 2 is 1.86 bits per heavy atom. The highest BCUT2D eigenvalue weighted by molar-refractivity contribution is 6.02. The number of nitrogens with one attached hydrogen (secondary N) is 1. The van der Waals surface area contributed by atoms with Crippen molar-refractivity contribution in [1.29, 1.82) is 5.26 Å². The lowest BCUT2D eigenvalue weighted by Crippen LogP contribution is -2.66. The summed E-state index contributed by atoms with van der Waals surface area (Å²) in [5, 5.41) is 37.3. The standard InChI is InChI=1S/C27H28N4O5/c1-15(2)18-8-19(22(33)9-21(18)32)25-23(24(30-36-25)26(34)29-3)17-6-4-16(5-7-17)20(10-28)31-11-27(12-31)13-35-14-27/h4-9,15,20,32-33H,11-14H2,1-3H3,(H,29,34). The summed E-state index contributed by atoms with van der Waals surface area (Å²) in [6.45, 7) is 7.03. The second kappa shape index (κ2) is 8.97. The molecule has 3 N–H and O–H groups in total. The number of carbonyl (C=O) groups is 1. The van der Waals surface area contributed by atoms with Crippen molar-refractivity contribution in [2.45, 2.75) is 25.8 Å². The first-order valence-electron chi connectivity index (χ1n) is 11.9. The van der Waals surface area contributed by atoms with Crippen LogP contribution in [0.3, 0.4) is 0 Å². The minimum atomic E-state index is -0.435. The van der Waals surface area contributed by atoms with Crippen LogP contribution in [-0.4, -0.2) is 59.5 Å². The van der Waals surface area contributed by atoms with Crippen LogP contribution in [0.4, 0.5) is 0 Å². The van der Waals surface area contributed by atoms with Gasteiger partial charge in [-0.05, 0) is 28.7 Å². The third kappa shape index (κ3) is 3.88. The van der Waals surface area contributed by atoms with Crippen molar-refractivity contribution in [2.75, 3.05) is 33.4 Å². The van der Waals surface area contributed by atoms with Gasteiger partial charge in [0.15, 0.2) is 11.5 Å². The molecule has 2 saturated heterocycles. The van der Waals surface area contributed by atoms with E-state index in [0.29, 0.717) is 22.3 Å². The molecule has 1 atom stereocenters. The number of benzene rings is 2. The fourth-order valence-electron chi connectivity index (χ4n) is 5.02. The average Bonchev–Trinajstić information content (AvgIpc) is 3.24. The van der Waals surface area contributed by atoms with Crippen LogP contribution in [0.5, 0.6) is 11.5 Å². The molecule has 0 bridgehead atoms. The van der Waals surface area contributed by atoms with E-state index in [1.807, 2.05) is 38.1 Å². The van der Waals surface area contributed by atoms with Crippen LogP contribution in [-0.2, 0) is 4.74 Å². The van der Waals surface area contributed by atoms with Gasteiger partial charge in [0.05, 0.1) is 30.4 Å². The predicted octanol–water partition coefficient (Wildman–Crippen LogP) is 3.80. The number of carbonyl (C=O) groups excluding carboxylic acids is 1. The first-order valence-corrected chi connectivity index (χ1v) is 11.9. The van der Waals surface area contributed by atoms with Gasteiger partial charge in [0.2, 0.25) is 0 Å². The summed E-state index contributed by atoms with van der Waals surface area (Å²) in [7, 11) is 1.50. The fraction of sp³-hybridized carbons (Fsp3) is 0.370. The van der Waals surface area contributed by atoms with E-state index in [4.69, 9.17) is 9.26 Å². The van der Waals surface area contributed by atoms with Crippen molar-refractivity contribution in [3.05, 3.63) is 53.2 Å². The van der Waals surface area contributed by atoms with Crippen molar-refractivity contribution in [2.24, 2.45) is 5.41 Å². The highest BCUT2D eigenvalue weighted by Gasteiger charge is 2.51. The number of likely N-dealkylation sites (tertiary alicyclic amines) is 1. The van der Waals surface area contributed by atoms with E-state index in [0.717, 1.165) is 31.9 Å². The summed E-state index contributed by atoms with van der Waals surface area (Å²) in [4.78, 5) is 14.8. The Morgan fingerprint density at radius 3 is 2.42 bits per heavy atom. The number of aromatic nitrogens is 1. The van der Waals surface area contributed by atoms with Gasteiger partial charge in [-0.2, -0.15) is 5.26 Å². The number of phenols is 2. The second-order valence-electron chi connectivity index (χ2n) is 9.95. The van der Waals surface area contributed by atoms with E-state index >= 15 is 0 Å². The number of rotatable bonds is 6. The summed E-state index contributed by atoms with van der Waals surface area (Å²) < 4.78 is 10.9. The number of ether oxygens (including phenoxy) is 1. The maximum Gasteiger partial charge on any atom is 0.273 e. The number of aromatic hydroxyl groups is 2. The molecular formula is C27H28N4O5. The Hall–Kier alpha value is -3.87. The first-order chi connectivity index (χ1) is 17.3. The SMILES string of the molecule is CNC(=O)c1noc(-c2cc(C(C)C)c(O)cc2O)c1-c1ccc(C(C#N)N2CC3(COC3)C2)cc1. The van der Waals surface area contributed by atoms with Crippen molar-refractivity contribution < 1.29 is 24.3 Å². The van der Waals surface area contributed by atoms with Crippen LogP contribution in [0.1, 0.15) is 47.4 Å². The van der Waals surface area contributed by atoms with Gasteiger partial charge in [-0.15, -0.1) is 0 Å². The molecule has 0 saturated carbocycles. The topological polar surface area (TPSA) is 132 Å². The Labute approximate surface area is 208 Å². The molecule has 1 spiro atoms. The highest BCUT2D eigenvalue weighted by Crippen LogP contribution is 2.44. The Kier molecular flexibility index (Phi) is 5.94. The summed E-state index contributed by atoms with van der Waals surface area (Å²) in [5.74, 6) is -0.441. The highest BCUT2D eigenvalue weighted by atomic mass is 16.5. The monoisotopic (exact) mass is 488 g/mol. The van der Waals surface area contributed by atoms with E-state index in [1.54, 1.807) is 6.07 Å². The molecule has 0 aliphatic carbocycles. The van der Waals surface area contributed by atoms with E-state index in [-0.39, 0.29) is 40.3 Å². The van der Waals surface area contributed by atoms with Crippen molar-refractivity contribution >= 4 is 5.91 Å². The fourth-order valence-corrected chi connectivity index (χ4v) is 5.02. The Balaban J connectivity index is 1.53. The van der Waals surface area contributed by atoms with Gasteiger partial charge in [-0.3, -0.25) is 9.69 Å². The van der Waals surface area contributed by atoms with Gasteiger partial charge in [0, 0.05) is 31.6 Å². The zero-order chi connectivity index (χ0) is 25.6. The molecular weight excluding hydrogens is 460 g/mol. The quantitative estimate of drug-likeness (QED) is 0.477. The third-order valence-corrected chi connectivity index (χ3v) is 7.04. The molecule has 1 aromatic heterocycles. The smallest absolute Gasteiger partial charge is 0.273 e. The van der Waals surface area contributed by atoms with E-state index in [1.165, 1.54) is 13.1 Å². The molecule has 2 aromatic carbocycles. The van der Waals surface area contributed by atoms with Crippen LogP contribution in [0.15, 0.2) is 40.9 Å². The van der Waals surface area contributed by atoms with E-state index in [9.17, 15) is 20.3 Å². The molecule has 9 heteroatoms. The molecule has 5 rings (SSSR count). The Bertz CT molecular complexity index is 1340. The number of phenolic OH excluding ortho intramolecular Hbond substituents is 2. The lowest BCUT2D eigenvalue weighted by atomic mass is 9.76. The second-order valence-corrected chi connectivity index (χ2v) is 9.95. The number of hydrogen-bond acceptors (Lipinski definition) is 8. The normalized spacial score (nSPS) is 17.3. The van der Waals surface area contributed by atoms with Gasteiger partial charge < -0.3 is 24.8 Å². The minimum absolute atomic E-state index is 0.0107. The summed E-state index contributed by atoms with van der Waals surface area (Å²) in [6, 6.07) is 12.3. The number of nitriles is 1. The van der Waals surface area contributed by atoms with Crippen LogP contribution in [0, 0.1) is 16.7 Å². The van der Waals surface area contributed by atoms with Gasteiger partial charge in [0.25, 0.3) is 5.91 Å². The first kappa shape index (κ1) is 23.9. The minimum Gasteiger partial charge on any atom is -0.508 e. The molecule has 2 fully saturated rings. The van der Waals surface area contributed by atoms with Crippen molar-refractivity contribution in [1.82, 2.24) is 15.4 Å². The van der Waals surface area contributed by atoms with E-state index in [2.05, 4.69) is 21.4 Å². The maximum atomic E-state index is 12.6. The molecule has 186 valence electrons. The number of hydrogen-bond donors (Lipinski definition) is 3. The molecule has 1 unspecified atom stereocenters. The molecule has 2 aliphatic rings. The maximum absolute atomic E-state index is 12.6. The average molecular weight is 489 g/mol. The van der Waals surface area contributed by atoms with E-state index < -0.39 is 5.91 Å². The molecule has 2 aliphatic heterocycles. The molecule has 0 radical (unpaired) electrons. The summed E-state index contributed by atoms with van der Waals surface area (Å²) in [6.07, 6.45) is 0. The zero-order valence-electron chi connectivity index (χ0n) is 20.4. The third-order valence-electron chi connectivity index (χ3n) is 7.04. The van der Waals surface area contributed by atoms with Crippen molar-refractivity contribution in [3.8, 4) is 40.0 Å². The van der Waals surface area contributed by atoms with Gasteiger partial charge >= 0.3 is 0 Å². The predicted molar refractivity (Wildman–Crippen MR) is 131 cm³/mol. The summed E-state index contributed by atoms with van der Waals surface area (Å²) in [5.41, 5.74) is 3.15. The van der Waals surface area contributed by atoms with Crippen molar-refractivity contribution in [3.63, 3.8) is 0 Å². The van der Waals surface area contributed by atoms with Crippen LogP contribution in [0.2, 0.25) is 0 Å². The van der Waals surface area contributed by atoms with Crippen LogP contribution >= 0.6 is 0 Å². The van der Waals surface area contributed by atoms with Crippen LogP contribution < -0.4 is 5.32 Å². The molecule has 9 nitrogen and oxygen atoms in total. The van der Waals surface area contributed by atoms with Crippen LogP contribution in [0.25, 0.3) is 22.5 Å². The van der Waals surface area contributed by atoms with Gasteiger partial charge in [-0.1, -0.05) is 43.3 Å². The number of nitrogens with zero attached hydrogens (tertiary/aromatic N) is 3. The van der Waals surface area contributed by atoms with Gasteiger partial charge in [-0.25, -0.2) is 0 Å². The zero-order valence-corrected chi connectivity index (χ0v) is 20.4. The molecule has 36 heavy (non-hydrogen) atoms. The van der Waals surface area contributed by atoms with Gasteiger partial charge in [0.1, 0.15) is 17.5 Å². The number of amides is 1. The lowest BCUT2D eigenvalue weighted by molar-refractivity contribution is -0.194. The summed E-state index contributed by atoms with van der Waals surface area (Å²) >= 11 is 0. The Morgan fingerprint density at radius 1 is 1.17 bits per heavy atom. The molecule has 3 heterocycles.